The first-order chi connectivity index (χ1) is 9.88. The van der Waals surface area contributed by atoms with Gasteiger partial charge in [0, 0.05) is 0 Å². The molecular formula is C15H12FNO4. The summed E-state index contributed by atoms with van der Waals surface area (Å²) in [6.07, 6.45) is 0. The van der Waals surface area contributed by atoms with Crippen molar-refractivity contribution in [2.45, 2.75) is 6.92 Å². The second-order valence-electron chi connectivity index (χ2n) is 4.47. The van der Waals surface area contributed by atoms with Crippen LogP contribution < -0.4 is 5.32 Å². The predicted molar refractivity (Wildman–Crippen MR) is 74.2 cm³/mol. The zero-order chi connectivity index (χ0) is 15.6. The van der Waals surface area contributed by atoms with Crippen molar-refractivity contribution in [3.8, 4) is 5.75 Å². The molecule has 0 bridgehead atoms. The van der Waals surface area contributed by atoms with Crippen molar-refractivity contribution in [2.75, 3.05) is 5.32 Å². The fourth-order valence-electron chi connectivity index (χ4n) is 1.77. The summed E-state index contributed by atoms with van der Waals surface area (Å²) >= 11 is 0. The lowest BCUT2D eigenvalue weighted by atomic mass is 10.1. The topological polar surface area (TPSA) is 86.6 Å². The molecule has 21 heavy (non-hydrogen) atoms. The summed E-state index contributed by atoms with van der Waals surface area (Å²) in [6, 6.07) is 7.56. The van der Waals surface area contributed by atoms with Crippen molar-refractivity contribution >= 4 is 17.6 Å². The Morgan fingerprint density at radius 2 is 1.86 bits per heavy atom. The second-order valence-corrected chi connectivity index (χ2v) is 4.47. The molecule has 0 radical (unpaired) electrons. The third-order valence-electron chi connectivity index (χ3n) is 2.86. The molecule has 108 valence electrons. The van der Waals surface area contributed by atoms with E-state index in [0.29, 0.717) is 5.56 Å². The van der Waals surface area contributed by atoms with E-state index < -0.39 is 23.4 Å². The van der Waals surface area contributed by atoms with Crippen molar-refractivity contribution in [3.63, 3.8) is 0 Å². The lowest BCUT2D eigenvalue weighted by Crippen LogP contribution is -2.14. The molecule has 6 heteroatoms. The van der Waals surface area contributed by atoms with E-state index in [2.05, 4.69) is 5.32 Å². The van der Waals surface area contributed by atoms with Crippen LogP contribution in [0.2, 0.25) is 0 Å². The van der Waals surface area contributed by atoms with Crippen molar-refractivity contribution in [2.24, 2.45) is 0 Å². The highest BCUT2D eigenvalue weighted by Crippen LogP contribution is 2.25. The van der Waals surface area contributed by atoms with E-state index in [1.165, 1.54) is 30.3 Å². The predicted octanol–water partition coefficient (Wildman–Crippen LogP) is 2.79. The number of phenols is 1. The van der Waals surface area contributed by atoms with Gasteiger partial charge in [0.15, 0.2) is 0 Å². The molecule has 1 amide bonds. The van der Waals surface area contributed by atoms with Crippen LogP contribution in [0.4, 0.5) is 10.1 Å². The Labute approximate surface area is 119 Å². The maximum absolute atomic E-state index is 13.6. The number of phenolic OH excluding ortho intramolecular Hbond substituents is 1. The van der Waals surface area contributed by atoms with Crippen molar-refractivity contribution in [1.82, 2.24) is 0 Å². The number of rotatable bonds is 3. The number of hydrogen-bond acceptors (Lipinski definition) is 3. The van der Waals surface area contributed by atoms with Gasteiger partial charge in [0.25, 0.3) is 5.91 Å². The highest BCUT2D eigenvalue weighted by Gasteiger charge is 2.15. The van der Waals surface area contributed by atoms with E-state index in [1.54, 1.807) is 6.92 Å². The average molecular weight is 289 g/mol. The van der Waals surface area contributed by atoms with Gasteiger partial charge in [-0.25, -0.2) is 9.18 Å². The fourth-order valence-corrected chi connectivity index (χ4v) is 1.77. The molecule has 0 aliphatic rings. The number of carbonyl (C=O) groups is 2. The van der Waals surface area contributed by atoms with Crippen molar-refractivity contribution in [3.05, 3.63) is 58.9 Å². The van der Waals surface area contributed by atoms with Gasteiger partial charge in [0.05, 0.1) is 16.8 Å². The zero-order valence-corrected chi connectivity index (χ0v) is 11.1. The maximum Gasteiger partial charge on any atom is 0.335 e. The Bertz CT molecular complexity index is 728. The van der Waals surface area contributed by atoms with Crippen LogP contribution in [0.25, 0.3) is 0 Å². The number of aromatic carboxylic acids is 1. The van der Waals surface area contributed by atoms with Crippen LogP contribution in [0.3, 0.4) is 0 Å². The molecule has 3 N–H and O–H groups in total. The molecule has 0 saturated heterocycles. The molecule has 0 unspecified atom stereocenters. The smallest absolute Gasteiger partial charge is 0.335 e. The SMILES string of the molecule is Cc1ccc(F)c(C(=O)Nc2ccc(C(=O)O)cc2O)c1. The van der Waals surface area contributed by atoms with Crippen LogP contribution in [0.5, 0.6) is 5.75 Å². The largest absolute Gasteiger partial charge is 0.506 e. The number of carboxylic acids is 1. The van der Waals surface area contributed by atoms with Gasteiger partial charge < -0.3 is 15.5 Å². The molecule has 5 nitrogen and oxygen atoms in total. The highest BCUT2D eigenvalue weighted by atomic mass is 19.1. The Kier molecular flexibility index (Phi) is 3.89. The Balaban J connectivity index is 2.27. The standard InChI is InChI=1S/C15H12FNO4/c1-8-2-4-11(16)10(6-8)14(19)17-12-5-3-9(15(20)21)7-13(12)18/h2-7,18H,1H3,(H,17,19)(H,20,21). The third kappa shape index (κ3) is 3.17. The van der Waals surface area contributed by atoms with E-state index in [1.807, 2.05) is 0 Å². The van der Waals surface area contributed by atoms with E-state index in [-0.39, 0.29) is 16.8 Å². The van der Waals surface area contributed by atoms with Crippen molar-refractivity contribution in [1.29, 1.82) is 0 Å². The van der Waals surface area contributed by atoms with Gasteiger partial charge in [-0.05, 0) is 37.3 Å². The van der Waals surface area contributed by atoms with Gasteiger partial charge in [0.1, 0.15) is 11.6 Å². The molecule has 0 heterocycles. The molecule has 0 aliphatic carbocycles. The van der Waals surface area contributed by atoms with Crippen LogP contribution in [-0.2, 0) is 0 Å². The number of carbonyl (C=O) groups excluding carboxylic acids is 1. The normalized spacial score (nSPS) is 10.2. The number of aromatic hydroxyl groups is 1. The molecule has 0 atom stereocenters. The summed E-state index contributed by atoms with van der Waals surface area (Å²) in [7, 11) is 0. The number of nitrogens with one attached hydrogen (secondary N) is 1. The van der Waals surface area contributed by atoms with E-state index >= 15 is 0 Å². The average Bonchev–Trinajstić information content (AvgIpc) is 2.43. The molecule has 0 aliphatic heterocycles. The first kappa shape index (κ1) is 14.5. The summed E-state index contributed by atoms with van der Waals surface area (Å²) < 4.78 is 13.6. The fraction of sp³-hybridized carbons (Fsp3) is 0.0667. The van der Waals surface area contributed by atoms with Gasteiger partial charge in [-0.15, -0.1) is 0 Å². The summed E-state index contributed by atoms with van der Waals surface area (Å²) in [5, 5.41) is 20.8. The van der Waals surface area contributed by atoms with Gasteiger partial charge in [-0.1, -0.05) is 11.6 Å². The van der Waals surface area contributed by atoms with E-state index in [0.717, 1.165) is 6.07 Å². The summed E-state index contributed by atoms with van der Waals surface area (Å²) in [6.45, 7) is 1.72. The van der Waals surface area contributed by atoms with E-state index in [4.69, 9.17) is 5.11 Å². The lowest BCUT2D eigenvalue weighted by Gasteiger charge is -2.09. The molecule has 0 aromatic heterocycles. The number of anilines is 1. The number of amides is 1. The molecule has 0 saturated carbocycles. The second kappa shape index (κ2) is 5.62. The molecule has 2 rings (SSSR count). The van der Waals surface area contributed by atoms with Gasteiger partial charge >= 0.3 is 5.97 Å². The van der Waals surface area contributed by atoms with Crippen molar-refractivity contribution < 1.29 is 24.2 Å². The Morgan fingerprint density at radius 1 is 1.14 bits per heavy atom. The molecule has 2 aromatic rings. The quantitative estimate of drug-likeness (QED) is 0.758. The molecule has 0 spiro atoms. The minimum atomic E-state index is -1.20. The van der Waals surface area contributed by atoms with Gasteiger partial charge in [0.2, 0.25) is 0 Å². The number of hydrogen-bond donors (Lipinski definition) is 3. The maximum atomic E-state index is 13.6. The van der Waals surface area contributed by atoms with Crippen LogP contribution >= 0.6 is 0 Å². The number of benzene rings is 2. The van der Waals surface area contributed by atoms with Crippen LogP contribution in [0.1, 0.15) is 26.3 Å². The minimum Gasteiger partial charge on any atom is -0.506 e. The molecular weight excluding hydrogens is 277 g/mol. The first-order valence-corrected chi connectivity index (χ1v) is 6.02. The third-order valence-corrected chi connectivity index (χ3v) is 2.86. The summed E-state index contributed by atoms with van der Waals surface area (Å²) in [4.78, 5) is 22.7. The first-order valence-electron chi connectivity index (χ1n) is 6.02. The lowest BCUT2D eigenvalue weighted by molar-refractivity contribution is 0.0696. The zero-order valence-electron chi connectivity index (χ0n) is 11.1. The minimum absolute atomic E-state index is 0.00547. The highest BCUT2D eigenvalue weighted by molar-refractivity contribution is 6.05. The Hall–Kier alpha value is -2.89. The molecule has 2 aromatic carbocycles. The Morgan fingerprint density at radius 3 is 2.48 bits per heavy atom. The van der Waals surface area contributed by atoms with Crippen LogP contribution in [0.15, 0.2) is 36.4 Å². The van der Waals surface area contributed by atoms with E-state index in [9.17, 15) is 19.1 Å². The monoisotopic (exact) mass is 289 g/mol. The summed E-state index contributed by atoms with van der Waals surface area (Å²) in [5.41, 5.74) is 0.446. The number of halogens is 1. The van der Waals surface area contributed by atoms with Gasteiger partial charge in [-0.2, -0.15) is 0 Å². The van der Waals surface area contributed by atoms with Crippen LogP contribution in [0, 0.1) is 12.7 Å². The number of carboxylic acid groups (broad SMARTS) is 1. The summed E-state index contributed by atoms with van der Waals surface area (Å²) in [5.74, 6) is -3.02. The number of aryl methyl sites for hydroxylation is 1. The van der Waals surface area contributed by atoms with Crippen LogP contribution in [-0.4, -0.2) is 22.1 Å². The van der Waals surface area contributed by atoms with Gasteiger partial charge in [-0.3, -0.25) is 4.79 Å². The molecule has 0 fully saturated rings.